The topological polar surface area (TPSA) is 131 Å². The molecule has 0 radical (unpaired) electrons. The van der Waals surface area contributed by atoms with E-state index in [-0.39, 0.29) is 32.1 Å². The molecule has 0 aromatic heterocycles. The fraction of sp³-hybridized carbons (Fsp3) is 0.745. The standard InChI is InChI=1S/C55H98NO8P/c1-3-5-7-9-11-13-15-17-19-21-23-25-26-28-30-32-34-36-38-40-42-44-46-48-55(59)62-51-53(57)52-64-65(60,61)63-50-49-56-54(58)47-45-43-41-39-37-35-33-31-29-27-24-22-20-18-16-14-12-10-8-6-4-2/h11-14,17-20,23,25,28,30,53,57H,3-10,15-16,21-22,24,26-27,29,31-52H2,1-2H3,(H,56,58)(H,60,61)/b13-11-,14-12-,19-17-,20-18-,25-23-,30-28-. The van der Waals surface area contributed by atoms with Gasteiger partial charge in [0.15, 0.2) is 0 Å². The Morgan fingerprint density at radius 3 is 1.25 bits per heavy atom. The molecule has 0 heterocycles. The number of amides is 1. The van der Waals surface area contributed by atoms with Gasteiger partial charge in [-0.15, -0.1) is 0 Å². The van der Waals surface area contributed by atoms with E-state index in [2.05, 4.69) is 92.1 Å². The van der Waals surface area contributed by atoms with Crippen LogP contribution < -0.4 is 5.32 Å². The summed E-state index contributed by atoms with van der Waals surface area (Å²) < 4.78 is 27.0. The summed E-state index contributed by atoms with van der Waals surface area (Å²) in [6.07, 6.45) is 64.0. The number of unbranched alkanes of at least 4 members (excludes halogenated alkanes) is 24. The van der Waals surface area contributed by atoms with E-state index in [9.17, 15) is 24.2 Å². The molecule has 2 atom stereocenters. The molecule has 65 heavy (non-hydrogen) atoms. The Morgan fingerprint density at radius 1 is 0.477 bits per heavy atom. The Kier molecular flexibility index (Phi) is 48.9. The van der Waals surface area contributed by atoms with E-state index in [1.54, 1.807) is 0 Å². The van der Waals surface area contributed by atoms with Crippen LogP contribution in [0.3, 0.4) is 0 Å². The van der Waals surface area contributed by atoms with Crippen molar-refractivity contribution in [3.63, 3.8) is 0 Å². The number of esters is 1. The molecule has 3 N–H and O–H groups in total. The fourth-order valence-electron chi connectivity index (χ4n) is 7.10. The van der Waals surface area contributed by atoms with Crippen LogP contribution in [0.2, 0.25) is 0 Å². The Bertz CT molecular complexity index is 1290. The van der Waals surface area contributed by atoms with E-state index in [1.165, 1.54) is 128 Å². The number of rotatable bonds is 49. The van der Waals surface area contributed by atoms with Gasteiger partial charge >= 0.3 is 13.8 Å². The Balaban J connectivity index is 3.59. The number of phosphoric acid groups is 1. The van der Waals surface area contributed by atoms with E-state index < -0.39 is 26.5 Å². The fourth-order valence-corrected chi connectivity index (χ4v) is 7.86. The van der Waals surface area contributed by atoms with Gasteiger partial charge in [-0.25, -0.2) is 4.57 Å². The monoisotopic (exact) mass is 932 g/mol. The molecular formula is C55H98NO8P. The molecular weight excluding hydrogens is 834 g/mol. The molecule has 0 aliphatic rings. The summed E-state index contributed by atoms with van der Waals surface area (Å²) in [4.78, 5) is 34.1. The van der Waals surface area contributed by atoms with Crippen LogP contribution in [0, 0.1) is 0 Å². The molecule has 0 aromatic rings. The Hall–Kier alpha value is -2.55. The van der Waals surface area contributed by atoms with Crippen LogP contribution in [0.25, 0.3) is 0 Å². The third kappa shape index (κ3) is 52.3. The quantitative estimate of drug-likeness (QED) is 0.0238. The number of allylic oxidation sites excluding steroid dienone is 12. The lowest BCUT2D eigenvalue weighted by Crippen LogP contribution is -2.27. The minimum atomic E-state index is -4.43. The zero-order valence-corrected chi connectivity index (χ0v) is 42.6. The van der Waals surface area contributed by atoms with Gasteiger partial charge in [0.25, 0.3) is 0 Å². The number of phosphoric ester groups is 1. The number of carbonyl (C=O) groups is 2. The van der Waals surface area contributed by atoms with Crippen molar-refractivity contribution in [2.45, 2.75) is 238 Å². The van der Waals surface area contributed by atoms with Crippen molar-refractivity contribution < 1.29 is 37.9 Å². The molecule has 2 unspecified atom stereocenters. The SMILES string of the molecule is CCCCC/C=C\C/C=C\C/C=C\C/C=C\CCCCCCCCCC(=O)OCC(O)COP(=O)(O)OCCNC(=O)CCCCCCCCCCCCC/C=C\C/C=C\CCCCC. The molecule has 0 aromatic carbocycles. The summed E-state index contributed by atoms with van der Waals surface area (Å²) in [5.41, 5.74) is 0. The zero-order chi connectivity index (χ0) is 47.4. The molecule has 10 heteroatoms. The molecule has 0 aliphatic carbocycles. The first-order chi connectivity index (χ1) is 31.8. The first-order valence-electron chi connectivity index (χ1n) is 26.4. The molecule has 0 aliphatic heterocycles. The summed E-state index contributed by atoms with van der Waals surface area (Å²) in [5.74, 6) is -0.528. The largest absolute Gasteiger partial charge is 0.472 e. The highest BCUT2D eigenvalue weighted by Crippen LogP contribution is 2.42. The second kappa shape index (κ2) is 50.9. The highest BCUT2D eigenvalue weighted by atomic mass is 31.2. The van der Waals surface area contributed by atoms with Crippen molar-refractivity contribution in [2.75, 3.05) is 26.4 Å². The second-order valence-electron chi connectivity index (χ2n) is 17.5. The van der Waals surface area contributed by atoms with Gasteiger partial charge in [-0.2, -0.15) is 0 Å². The molecule has 0 saturated carbocycles. The van der Waals surface area contributed by atoms with Gasteiger partial charge in [0, 0.05) is 19.4 Å². The minimum absolute atomic E-state index is 0.0766. The van der Waals surface area contributed by atoms with Crippen LogP contribution in [0.5, 0.6) is 0 Å². The number of aliphatic hydroxyl groups is 1. The summed E-state index contributed by atoms with van der Waals surface area (Å²) in [5, 5.41) is 12.8. The first-order valence-corrected chi connectivity index (χ1v) is 27.9. The van der Waals surface area contributed by atoms with Crippen molar-refractivity contribution in [2.24, 2.45) is 0 Å². The van der Waals surface area contributed by atoms with Gasteiger partial charge in [0.05, 0.1) is 13.2 Å². The molecule has 0 saturated heterocycles. The summed E-state index contributed by atoms with van der Waals surface area (Å²) in [7, 11) is -4.43. The number of hydrogen-bond acceptors (Lipinski definition) is 7. The molecule has 0 spiro atoms. The van der Waals surface area contributed by atoms with E-state index in [0.717, 1.165) is 77.0 Å². The van der Waals surface area contributed by atoms with Crippen LogP contribution >= 0.6 is 7.82 Å². The van der Waals surface area contributed by atoms with Crippen molar-refractivity contribution in [3.05, 3.63) is 72.9 Å². The molecule has 0 fully saturated rings. The van der Waals surface area contributed by atoms with Crippen LogP contribution in [0.4, 0.5) is 0 Å². The molecule has 9 nitrogen and oxygen atoms in total. The van der Waals surface area contributed by atoms with Gasteiger partial charge in [-0.05, 0) is 89.9 Å². The Labute approximate surface area is 399 Å². The van der Waals surface area contributed by atoms with Crippen LogP contribution in [-0.2, 0) is 27.9 Å². The van der Waals surface area contributed by atoms with E-state index in [1.807, 2.05) is 0 Å². The third-order valence-corrected chi connectivity index (χ3v) is 12.1. The lowest BCUT2D eigenvalue weighted by Gasteiger charge is -2.15. The maximum atomic E-state index is 12.2. The second-order valence-corrected chi connectivity index (χ2v) is 18.9. The third-order valence-electron chi connectivity index (χ3n) is 11.1. The predicted octanol–water partition coefficient (Wildman–Crippen LogP) is 15.8. The average Bonchev–Trinajstić information content (AvgIpc) is 3.29. The van der Waals surface area contributed by atoms with Crippen molar-refractivity contribution in [1.29, 1.82) is 0 Å². The summed E-state index contributed by atoms with van der Waals surface area (Å²) in [6, 6.07) is 0. The number of aliphatic hydroxyl groups excluding tert-OH is 1. The van der Waals surface area contributed by atoms with Crippen molar-refractivity contribution >= 4 is 19.7 Å². The van der Waals surface area contributed by atoms with E-state index in [4.69, 9.17) is 13.8 Å². The van der Waals surface area contributed by atoms with E-state index in [0.29, 0.717) is 6.42 Å². The summed E-state index contributed by atoms with van der Waals surface area (Å²) >= 11 is 0. The highest BCUT2D eigenvalue weighted by molar-refractivity contribution is 7.47. The number of hydrogen-bond donors (Lipinski definition) is 3. The molecule has 1 amide bonds. The van der Waals surface area contributed by atoms with Gasteiger partial charge in [-0.1, -0.05) is 202 Å². The summed E-state index contributed by atoms with van der Waals surface area (Å²) in [6.45, 7) is 3.50. The van der Waals surface area contributed by atoms with Crippen LogP contribution in [-0.4, -0.2) is 54.3 Å². The number of carbonyl (C=O) groups excluding carboxylic acids is 2. The van der Waals surface area contributed by atoms with Crippen LogP contribution in [0.15, 0.2) is 72.9 Å². The maximum absolute atomic E-state index is 12.2. The van der Waals surface area contributed by atoms with Crippen LogP contribution in [0.1, 0.15) is 232 Å². The smallest absolute Gasteiger partial charge is 0.463 e. The highest BCUT2D eigenvalue weighted by Gasteiger charge is 2.23. The lowest BCUT2D eigenvalue weighted by molar-refractivity contribution is -0.147. The van der Waals surface area contributed by atoms with Gasteiger partial charge in [0.1, 0.15) is 12.7 Å². The lowest BCUT2D eigenvalue weighted by atomic mass is 10.0. The van der Waals surface area contributed by atoms with Crippen molar-refractivity contribution in [1.82, 2.24) is 5.32 Å². The normalized spacial score (nSPS) is 13.7. The minimum Gasteiger partial charge on any atom is -0.463 e. The first kappa shape index (κ1) is 62.4. The zero-order valence-electron chi connectivity index (χ0n) is 41.7. The molecule has 0 rings (SSSR count). The maximum Gasteiger partial charge on any atom is 0.472 e. The van der Waals surface area contributed by atoms with Gasteiger partial charge < -0.3 is 20.1 Å². The molecule has 0 bridgehead atoms. The predicted molar refractivity (Wildman–Crippen MR) is 275 cm³/mol. The van der Waals surface area contributed by atoms with E-state index >= 15 is 0 Å². The van der Waals surface area contributed by atoms with Gasteiger partial charge in [0.2, 0.25) is 5.91 Å². The number of ether oxygens (including phenoxy) is 1. The molecule has 376 valence electrons. The average molecular weight is 932 g/mol. The van der Waals surface area contributed by atoms with Crippen molar-refractivity contribution in [3.8, 4) is 0 Å². The number of nitrogens with one attached hydrogen (secondary N) is 1. The Morgan fingerprint density at radius 2 is 0.831 bits per heavy atom. The van der Waals surface area contributed by atoms with Gasteiger partial charge in [-0.3, -0.25) is 18.6 Å².